The van der Waals surface area contributed by atoms with Crippen LogP contribution >= 0.6 is 11.3 Å². The molecular formula is C28H35N3O4S2. The van der Waals surface area contributed by atoms with E-state index in [-0.39, 0.29) is 40.7 Å². The molecule has 0 bridgehead atoms. The molecule has 2 N–H and O–H groups in total. The molecule has 7 nitrogen and oxygen atoms in total. The molecule has 0 radical (unpaired) electrons. The third-order valence-electron chi connectivity index (χ3n) is 6.26. The van der Waals surface area contributed by atoms with Crippen LogP contribution in [0.3, 0.4) is 0 Å². The summed E-state index contributed by atoms with van der Waals surface area (Å²) in [4.78, 5) is 26.6. The highest BCUT2D eigenvalue weighted by atomic mass is 32.2. The smallest absolute Gasteiger partial charge is 0.251 e. The van der Waals surface area contributed by atoms with Crippen molar-refractivity contribution in [2.75, 3.05) is 17.6 Å². The van der Waals surface area contributed by atoms with Crippen molar-refractivity contribution >= 4 is 38.9 Å². The van der Waals surface area contributed by atoms with Gasteiger partial charge in [-0.3, -0.25) is 13.9 Å². The third-order valence-corrected chi connectivity index (χ3v) is 8.17. The largest absolute Gasteiger partial charge is 0.349 e. The van der Waals surface area contributed by atoms with Gasteiger partial charge in [0.2, 0.25) is 10.0 Å². The summed E-state index contributed by atoms with van der Waals surface area (Å²) >= 11 is 1.54. The van der Waals surface area contributed by atoms with Gasteiger partial charge in [0.05, 0.1) is 18.0 Å². The van der Waals surface area contributed by atoms with Crippen LogP contribution in [-0.4, -0.2) is 39.6 Å². The number of hydrogen-bond acceptors (Lipinski definition) is 5. The molecule has 0 aliphatic rings. The summed E-state index contributed by atoms with van der Waals surface area (Å²) in [5.74, 6) is -0.732. The summed E-state index contributed by atoms with van der Waals surface area (Å²) in [6, 6.07) is 16.1. The fraction of sp³-hybridized carbons (Fsp3) is 0.357. The Bertz CT molecular complexity index is 1290. The van der Waals surface area contributed by atoms with E-state index in [9.17, 15) is 18.0 Å². The van der Waals surface area contributed by atoms with Crippen LogP contribution < -0.4 is 14.9 Å². The van der Waals surface area contributed by atoms with Crippen LogP contribution in [0.4, 0.5) is 5.69 Å². The van der Waals surface area contributed by atoms with Gasteiger partial charge in [0.1, 0.15) is 0 Å². The molecule has 0 aliphatic heterocycles. The average molecular weight is 542 g/mol. The maximum absolute atomic E-state index is 13.4. The van der Waals surface area contributed by atoms with Gasteiger partial charge in [-0.25, -0.2) is 8.42 Å². The summed E-state index contributed by atoms with van der Waals surface area (Å²) in [5.41, 5.74) is 2.79. The number of unbranched alkanes of at least 4 members (excludes halogenated alkanes) is 1. The minimum atomic E-state index is -3.60. The highest BCUT2D eigenvalue weighted by Gasteiger charge is 2.21. The van der Waals surface area contributed by atoms with E-state index in [2.05, 4.69) is 17.6 Å². The lowest BCUT2D eigenvalue weighted by Crippen LogP contribution is -2.37. The summed E-state index contributed by atoms with van der Waals surface area (Å²) in [6.07, 6.45) is 4.54. The van der Waals surface area contributed by atoms with Gasteiger partial charge in [-0.15, -0.1) is 0 Å². The number of carbonyl (C=O) groups excluding carboxylic acids is 2. The van der Waals surface area contributed by atoms with Gasteiger partial charge in [-0.05, 0) is 65.9 Å². The maximum Gasteiger partial charge on any atom is 0.251 e. The molecule has 0 aliphatic carbocycles. The number of thiophene rings is 1. The summed E-state index contributed by atoms with van der Waals surface area (Å²) in [5, 5.41) is 9.95. The van der Waals surface area contributed by atoms with Crippen molar-refractivity contribution in [2.24, 2.45) is 0 Å². The van der Waals surface area contributed by atoms with Crippen molar-refractivity contribution in [3.63, 3.8) is 0 Å². The minimum Gasteiger partial charge on any atom is -0.349 e. The second kappa shape index (κ2) is 12.9. The van der Waals surface area contributed by atoms with Gasteiger partial charge in [0.25, 0.3) is 11.8 Å². The predicted molar refractivity (Wildman–Crippen MR) is 151 cm³/mol. The zero-order valence-electron chi connectivity index (χ0n) is 21.7. The Hall–Kier alpha value is -3.17. The van der Waals surface area contributed by atoms with Crippen LogP contribution in [0, 0.1) is 0 Å². The predicted octanol–water partition coefficient (Wildman–Crippen LogP) is 5.17. The van der Waals surface area contributed by atoms with Crippen molar-refractivity contribution in [1.82, 2.24) is 10.6 Å². The van der Waals surface area contributed by atoms with Crippen LogP contribution in [0.2, 0.25) is 0 Å². The number of sulfonamides is 1. The van der Waals surface area contributed by atoms with E-state index in [1.54, 1.807) is 11.3 Å². The molecule has 0 fully saturated rings. The zero-order chi connectivity index (χ0) is 27.0. The molecule has 0 saturated heterocycles. The van der Waals surface area contributed by atoms with E-state index in [1.165, 1.54) is 25.2 Å². The van der Waals surface area contributed by atoms with Gasteiger partial charge in [-0.1, -0.05) is 50.1 Å². The quantitative estimate of drug-likeness (QED) is 0.331. The number of carbonyl (C=O) groups is 2. The van der Waals surface area contributed by atoms with Crippen LogP contribution in [0.15, 0.2) is 65.4 Å². The lowest BCUT2D eigenvalue weighted by Gasteiger charge is -2.22. The van der Waals surface area contributed by atoms with Crippen molar-refractivity contribution in [3.05, 3.63) is 87.6 Å². The second-order valence-corrected chi connectivity index (χ2v) is 12.0. The molecule has 3 rings (SSSR count). The van der Waals surface area contributed by atoms with Crippen LogP contribution in [0.25, 0.3) is 0 Å². The zero-order valence-corrected chi connectivity index (χ0v) is 23.4. The number of anilines is 1. The number of hydrogen-bond donors (Lipinski definition) is 2. The molecule has 3 aromatic rings. The molecular weight excluding hydrogens is 506 g/mol. The fourth-order valence-corrected chi connectivity index (χ4v) is 5.22. The molecule has 2 atom stereocenters. The van der Waals surface area contributed by atoms with E-state index in [1.807, 2.05) is 54.1 Å². The first-order valence-electron chi connectivity index (χ1n) is 12.3. The summed E-state index contributed by atoms with van der Waals surface area (Å²) < 4.78 is 25.6. The molecule has 198 valence electrons. The highest BCUT2D eigenvalue weighted by Crippen LogP contribution is 2.23. The van der Waals surface area contributed by atoms with Gasteiger partial charge in [-0.2, -0.15) is 11.3 Å². The van der Waals surface area contributed by atoms with Crippen LogP contribution in [-0.2, 0) is 16.4 Å². The molecule has 37 heavy (non-hydrogen) atoms. The Labute approximate surface area is 224 Å². The first kappa shape index (κ1) is 28.4. The minimum absolute atomic E-state index is 0.0953. The topological polar surface area (TPSA) is 95.6 Å². The van der Waals surface area contributed by atoms with E-state index >= 15 is 0 Å². The molecule has 2 aromatic carbocycles. The van der Waals surface area contributed by atoms with Gasteiger partial charge in [0.15, 0.2) is 0 Å². The number of benzene rings is 2. The van der Waals surface area contributed by atoms with Crippen molar-refractivity contribution < 1.29 is 18.0 Å². The Kier molecular flexibility index (Phi) is 9.88. The monoisotopic (exact) mass is 541 g/mol. The molecule has 1 heterocycles. The Morgan fingerprint density at radius 3 is 2.22 bits per heavy atom. The second-order valence-electron chi connectivity index (χ2n) is 9.25. The lowest BCUT2D eigenvalue weighted by molar-refractivity contribution is 0.0934. The van der Waals surface area contributed by atoms with E-state index < -0.39 is 10.0 Å². The van der Waals surface area contributed by atoms with Gasteiger partial charge >= 0.3 is 0 Å². The number of rotatable bonds is 12. The molecule has 9 heteroatoms. The first-order chi connectivity index (χ1) is 17.6. The molecule has 2 amide bonds. The SMILES string of the molecule is CCCCC(Cc1ccccc1)NC(=O)c1cc(C(=O)NC(C)c2ccsc2)cc(N(C)S(C)(=O)=O)c1. The van der Waals surface area contributed by atoms with E-state index in [0.29, 0.717) is 6.42 Å². The normalized spacial score (nSPS) is 13.0. The van der Waals surface area contributed by atoms with E-state index in [0.717, 1.165) is 41.0 Å². The van der Waals surface area contributed by atoms with Gasteiger partial charge in [0, 0.05) is 24.2 Å². The Morgan fingerprint density at radius 2 is 1.65 bits per heavy atom. The average Bonchev–Trinajstić information content (AvgIpc) is 3.42. The first-order valence-corrected chi connectivity index (χ1v) is 15.1. The number of nitrogens with one attached hydrogen (secondary N) is 2. The molecule has 1 aromatic heterocycles. The van der Waals surface area contributed by atoms with E-state index in [4.69, 9.17) is 0 Å². The van der Waals surface area contributed by atoms with Crippen LogP contribution in [0.1, 0.15) is 71.0 Å². The molecule has 2 unspecified atom stereocenters. The van der Waals surface area contributed by atoms with Crippen molar-refractivity contribution in [2.45, 2.75) is 51.6 Å². The Balaban J connectivity index is 1.90. The number of amides is 2. The van der Waals surface area contributed by atoms with Crippen molar-refractivity contribution in [3.8, 4) is 0 Å². The fourth-order valence-electron chi connectivity index (χ4n) is 3.97. The maximum atomic E-state index is 13.4. The lowest BCUT2D eigenvalue weighted by atomic mass is 10.00. The third kappa shape index (κ3) is 8.16. The Morgan fingerprint density at radius 1 is 1.00 bits per heavy atom. The van der Waals surface area contributed by atoms with Crippen molar-refractivity contribution in [1.29, 1.82) is 0 Å². The summed E-state index contributed by atoms with van der Waals surface area (Å²) in [6.45, 7) is 3.98. The summed E-state index contributed by atoms with van der Waals surface area (Å²) in [7, 11) is -2.20. The highest BCUT2D eigenvalue weighted by molar-refractivity contribution is 7.92. The van der Waals surface area contributed by atoms with Gasteiger partial charge < -0.3 is 10.6 Å². The molecule has 0 spiro atoms. The standard InChI is InChI=1S/C28H35N3O4S2/c1-5-6-12-25(15-21-10-8-7-9-11-21)30-28(33)24-16-23(17-26(18-24)31(3)37(4,34)35)27(32)29-20(2)22-13-14-36-19-22/h7-11,13-14,16-20,25H,5-6,12,15H2,1-4H3,(H,29,32)(H,30,33). The number of nitrogens with zero attached hydrogens (tertiary/aromatic N) is 1. The van der Waals surface area contributed by atoms with Crippen LogP contribution in [0.5, 0.6) is 0 Å². The molecule has 0 saturated carbocycles.